The molecule has 3 amide bonds. The minimum absolute atomic E-state index is 0.141. The minimum atomic E-state index is -0.357. The molecule has 8 nitrogen and oxygen atoms in total. The molecule has 0 radical (unpaired) electrons. The number of furan rings is 1. The largest absolute Gasteiger partial charge is 0.493 e. The lowest BCUT2D eigenvalue weighted by Gasteiger charge is -2.41. The number of amides is 3. The molecule has 1 aromatic heterocycles. The third-order valence-corrected chi connectivity index (χ3v) is 5.59. The van der Waals surface area contributed by atoms with Gasteiger partial charge in [0.1, 0.15) is 0 Å². The van der Waals surface area contributed by atoms with Gasteiger partial charge < -0.3 is 29.4 Å². The number of nitrogens with one attached hydrogen (secondary N) is 2. The molecule has 0 spiro atoms. The number of methoxy groups -OCH3 is 2. The molecule has 0 aliphatic carbocycles. The van der Waals surface area contributed by atoms with Gasteiger partial charge in [-0.25, -0.2) is 4.79 Å². The summed E-state index contributed by atoms with van der Waals surface area (Å²) in [7, 11) is 3.19. The van der Waals surface area contributed by atoms with Crippen molar-refractivity contribution >= 4 is 11.9 Å². The van der Waals surface area contributed by atoms with Crippen LogP contribution >= 0.6 is 0 Å². The molecule has 1 aliphatic rings. The summed E-state index contributed by atoms with van der Waals surface area (Å²) >= 11 is 0. The van der Waals surface area contributed by atoms with Gasteiger partial charge in [-0.05, 0) is 54.7 Å². The second kappa shape index (κ2) is 10.2. The second-order valence-electron chi connectivity index (χ2n) is 7.49. The Bertz CT molecular complexity index is 897. The van der Waals surface area contributed by atoms with Crippen LogP contribution in [0, 0.1) is 0 Å². The first-order valence-corrected chi connectivity index (χ1v) is 10.7. The highest BCUT2D eigenvalue weighted by molar-refractivity contribution is 5.91. The van der Waals surface area contributed by atoms with E-state index in [2.05, 4.69) is 10.6 Å². The number of carbonyl (C=O) groups excluding carboxylic acids is 2. The monoisotopic (exact) mass is 429 g/mol. The van der Waals surface area contributed by atoms with Crippen LogP contribution in [0.4, 0.5) is 4.79 Å². The van der Waals surface area contributed by atoms with Crippen molar-refractivity contribution in [1.82, 2.24) is 15.5 Å². The third kappa shape index (κ3) is 4.78. The summed E-state index contributed by atoms with van der Waals surface area (Å²) in [5.74, 6) is 1.17. The average molecular weight is 430 g/mol. The van der Waals surface area contributed by atoms with Crippen LogP contribution in [0.5, 0.6) is 11.5 Å². The summed E-state index contributed by atoms with van der Waals surface area (Å²) in [5.41, 5.74) is 2.02. The maximum absolute atomic E-state index is 13.0. The van der Waals surface area contributed by atoms with Crippen molar-refractivity contribution in [3.8, 4) is 11.5 Å². The van der Waals surface area contributed by atoms with Crippen LogP contribution in [0.3, 0.4) is 0 Å². The molecule has 0 bridgehead atoms. The van der Waals surface area contributed by atoms with Gasteiger partial charge in [0.05, 0.1) is 32.6 Å². The molecule has 3 rings (SSSR count). The molecule has 2 heterocycles. The molecule has 168 valence electrons. The number of fused-ring (bicyclic) bond motifs is 1. The fourth-order valence-corrected chi connectivity index (χ4v) is 4.02. The van der Waals surface area contributed by atoms with E-state index >= 15 is 0 Å². The van der Waals surface area contributed by atoms with Gasteiger partial charge >= 0.3 is 6.03 Å². The summed E-state index contributed by atoms with van der Waals surface area (Å²) in [6.45, 7) is 5.13. The van der Waals surface area contributed by atoms with E-state index in [1.807, 2.05) is 26.0 Å². The first kappa shape index (κ1) is 22.5. The Kier molecular flexibility index (Phi) is 7.44. The molecule has 2 N–H and O–H groups in total. The van der Waals surface area contributed by atoms with E-state index in [1.165, 1.54) is 6.26 Å². The Hall–Kier alpha value is -3.16. The summed E-state index contributed by atoms with van der Waals surface area (Å²) in [5, 5.41) is 6.03. The zero-order valence-electron chi connectivity index (χ0n) is 18.6. The topological polar surface area (TPSA) is 93.0 Å². The standard InChI is InChI=1S/C23H31N3O5/c1-5-10-24-23(28)26-11-9-15-13-19(29-3)20(30-4)14-16(15)21(26)17(6-2)25-22(27)18-8-7-12-31-18/h7-8,12-14,17,21H,5-6,9-11H2,1-4H3,(H,24,28)(H,25,27)/t17-,21+/m1/s1. The predicted molar refractivity (Wildman–Crippen MR) is 117 cm³/mol. The smallest absolute Gasteiger partial charge is 0.317 e. The Labute approximate surface area is 182 Å². The van der Waals surface area contributed by atoms with Gasteiger partial charge in [0, 0.05) is 13.1 Å². The maximum Gasteiger partial charge on any atom is 0.317 e. The normalized spacial score (nSPS) is 16.3. The first-order valence-electron chi connectivity index (χ1n) is 10.7. The Balaban J connectivity index is 2.01. The lowest BCUT2D eigenvalue weighted by molar-refractivity contribution is 0.0861. The minimum Gasteiger partial charge on any atom is -0.493 e. The maximum atomic E-state index is 13.0. The summed E-state index contributed by atoms with van der Waals surface area (Å²) in [4.78, 5) is 27.6. The van der Waals surface area contributed by atoms with Gasteiger partial charge in [0.2, 0.25) is 0 Å². The number of rotatable bonds is 8. The number of urea groups is 1. The number of benzene rings is 1. The van der Waals surface area contributed by atoms with Crippen molar-refractivity contribution < 1.29 is 23.5 Å². The quantitative estimate of drug-likeness (QED) is 0.670. The molecule has 0 fully saturated rings. The number of nitrogens with zero attached hydrogens (tertiary/aromatic N) is 1. The Morgan fingerprint density at radius 1 is 1.23 bits per heavy atom. The molecular weight excluding hydrogens is 398 g/mol. The van der Waals surface area contributed by atoms with Crippen LogP contribution in [0.25, 0.3) is 0 Å². The highest BCUT2D eigenvalue weighted by Crippen LogP contribution is 2.40. The SMILES string of the molecule is CCCNC(=O)N1CCc2cc(OC)c(OC)cc2[C@H]1[C@@H](CC)NC(=O)c1ccco1. The van der Waals surface area contributed by atoms with Crippen LogP contribution in [-0.2, 0) is 6.42 Å². The van der Waals surface area contributed by atoms with E-state index in [9.17, 15) is 9.59 Å². The van der Waals surface area contributed by atoms with Crippen molar-refractivity contribution in [2.45, 2.75) is 45.2 Å². The molecular formula is C23H31N3O5. The molecule has 1 aliphatic heterocycles. The van der Waals surface area contributed by atoms with E-state index in [0.717, 1.165) is 17.5 Å². The number of ether oxygens (including phenoxy) is 2. The molecule has 31 heavy (non-hydrogen) atoms. The number of hydrogen-bond donors (Lipinski definition) is 2. The molecule has 0 saturated carbocycles. The number of hydrogen-bond acceptors (Lipinski definition) is 5. The lowest BCUT2D eigenvalue weighted by Crippen LogP contribution is -2.53. The van der Waals surface area contributed by atoms with Crippen LogP contribution in [0.2, 0.25) is 0 Å². The van der Waals surface area contributed by atoms with Gasteiger partial charge in [0.15, 0.2) is 17.3 Å². The average Bonchev–Trinajstić information content (AvgIpc) is 3.34. The zero-order chi connectivity index (χ0) is 22.4. The van der Waals surface area contributed by atoms with Crippen LogP contribution in [0.15, 0.2) is 34.9 Å². The van der Waals surface area contributed by atoms with Crippen molar-refractivity contribution in [2.24, 2.45) is 0 Å². The second-order valence-corrected chi connectivity index (χ2v) is 7.49. The van der Waals surface area contributed by atoms with Gasteiger partial charge in [-0.1, -0.05) is 13.8 Å². The van der Waals surface area contributed by atoms with Crippen LogP contribution in [0.1, 0.15) is 54.4 Å². The van der Waals surface area contributed by atoms with Gasteiger partial charge in [-0.3, -0.25) is 4.79 Å². The van der Waals surface area contributed by atoms with Crippen molar-refractivity contribution in [2.75, 3.05) is 27.3 Å². The Morgan fingerprint density at radius 3 is 2.58 bits per heavy atom. The summed E-state index contributed by atoms with van der Waals surface area (Å²) in [6, 6.07) is 6.36. The van der Waals surface area contributed by atoms with Gasteiger partial charge in [-0.15, -0.1) is 0 Å². The van der Waals surface area contributed by atoms with E-state index in [4.69, 9.17) is 13.9 Å². The highest BCUT2D eigenvalue weighted by atomic mass is 16.5. The van der Waals surface area contributed by atoms with E-state index in [1.54, 1.807) is 31.3 Å². The van der Waals surface area contributed by atoms with E-state index in [-0.39, 0.29) is 29.8 Å². The van der Waals surface area contributed by atoms with Crippen LogP contribution < -0.4 is 20.1 Å². The fraction of sp³-hybridized carbons (Fsp3) is 0.478. The first-order chi connectivity index (χ1) is 15.0. The predicted octanol–water partition coefficient (Wildman–Crippen LogP) is 3.52. The molecule has 1 aromatic carbocycles. The van der Waals surface area contributed by atoms with Crippen molar-refractivity contribution in [3.63, 3.8) is 0 Å². The zero-order valence-corrected chi connectivity index (χ0v) is 18.6. The third-order valence-electron chi connectivity index (χ3n) is 5.59. The fourth-order valence-electron chi connectivity index (χ4n) is 4.02. The molecule has 2 atom stereocenters. The lowest BCUT2D eigenvalue weighted by atomic mass is 9.86. The molecule has 0 unspecified atom stereocenters. The summed E-state index contributed by atoms with van der Waals surface area (Å²) < 4.78 is 16.2. The van der Waals surface area contributed by atoms with Gasteiger partial charge in [0.25, 0.3) is 5.91 Å². The highest BCUT2D eigenvalue weighted by Gasteiger charge is 2.37. The molecule has 2 aromatic rings. The van der Waals surface area contributed by atoms with Gasteiger partial charge in [-0.2, -0.15) is 0 Å². The van der Waals surface area contributed by atoms with Crippen LogP contribution in [-0.4, -0.2) is 50.2 Å². The number of carbonyl (C=O) groups is 2. The molecule has 0 saturated heterocycles. The van der Waals surface area contributed by atoms with E-state index < -0.39 is 0 Å². The molecule has 8 heteroatoms. The van der Waals surface area contributed by atoms with E-state index in [0.29, 0.717) is 37.4 Å². The van der Waals surface area contributed by atoms with Crippen molar-refractivity contribution in [3.05, 3.63) is 47.4 Å². The van der Waals surface area contributed by atoms with Crippen molar-refractivity contribution in [1.29, 1.82) is 0 Å². The Morgan fingerprint density at radius 2 is 1.97 bits per heavy atom. The summed E-state index contributed by atoms with van der Waals surface area (Å²) in [6.07, 6.45) is 3.63.